The first-order valence-corrected chi connectivity index (χ1v) is 7.98. The molecule has 9 heteroatoms. The lowest BCUT2D eigenvalue weighted by atomic mass is 10.1. The van der Waals surface area contributed by atoms with Crippen LogP contribution in [0.25, 0.3) is 0 Å². The Balaban J connectivity index is 1.90. The molecule has 27 heavy (non-hydrogen) atoms. The summed E-state index contributed by atoms with van der Waals surface area (Å²) >= 11 is 5.95. The molecule has 0 bridgehead atoms. The van der Waals surface area contributed by atoms with Gasteiger partial charge in [0.25, 0.3) is 0 Å². The van der Waals surface area contributed by atoms with Crippen molar-refractivity contribution in [2.75, 3.05) is 19.5 Å². The molecule has 2 aromatic rings. The molecule has 2 rings (SSSR count). The van der Waals surface area contributed by atoms with Gasteiger partial charge in [0, 0.05) is 5.69 Å². The third kappa shape index (κ3) is 5.55. The summed E-state index contributed by atoms with van der Waals surface area (Å²) in [6, 6.07) is 10.9. The van der Waals surface area contributed by atoms with Crippen LogP contribution in [0, 0.1) is 0 Å². The number of nitrogens with one attached hydrogen (secondary N) is 2. The topological polar surface area (TPSA) is 106 Å². The Morgan fingerprint density at radius 1 is 1.04 bits per heavy atom. The first-order chi connectivity index (χ1) is 12.9. The third-order valence-corrected chi connectivity index (χ3v) is 3.62. The molecular formula is C18H16ClN3O5. The molecule has 0 spiro atoms. The second kappa shape index (κ2) is 9.35. The number of carbonyl (C=O) groups is 3. The Kier molecular flexibility index (Phi) is 6.90. The molecule has 0 unspecified atom stereocenters. The molecule has 2 amide bonds. The zero-order chi connectivity index (χ0) is 19.8. The molecule has 0 aliphatic rings. The number of amides is 2. The summed E-state index contributed by atoms with van der Waals surface area (Å²) < 4.78 is 9.60. The van der Waals surface area contributed by atoms with Crippen LogP contribution in [0.2, 0.25) is 5.02 Å². The molecule has 0 heterocycles. The van der Waals surface area contributed by atoms with Gasteiger partial charge in [0.1, 0.15) is 5.75 Å². The standard InChI is InChI=1S/C18H16ClN3O5/c1-26-15-8-7-13(9-14(15)19)21-16(23)17(24)22-20-10-11-3-5-12(6-4-11)18(25)27-2/h3-10H,1-2H3,(H,21,23)(H,22,24)/b20-10-. The van der Waals surface area contributed by atoms with Gasteiger partial charge in [-0.3, -0.25) is 9.59 Å². The fourth-order valence-corrected chi connectivity index (χ4v) is 2.23. The van der Waals surface area contributed by atoms with Gasteiger partial charge in [-0.15, -0.1) is 0 Å². The van der Waals surface area contributed by atoms with Crippen LogP contribution in [0.1, 0.15) is 15.9 Å². The van der Waals surface area contributed by atoms with Crippen LogP contribution in [0.3, 0.4) is 0 Å². The van der Waals surface area contributed by atoms with E-state index in [-0.39, 0.29) is 0 Å². The van der Waals surface area contributed by atoms with Crippen molar-refractivity contribution in [2.24, 2.45) is 5.10 Å². The number of nitrogens with zero attached hydrogens (tertiary/aromatic N) is 1. The Morgan fingerprint density at radius 3 is 2.33 bits per heavy atom. The van der Waals surface area contributed by atoms with Crippen molar-refractivity contribution >= 4 is 41.3 Å². The smallest absolute Gasteiger partial charge is 0.337 e. The van der Waals surface area contributed by atoms with Crippen LogP contribution >= 0.6 is 11.6 Å². The van der Waals surface area contributed by atoms with E-state index in [0.717, 1.165) is 0 Å². The van der Waals surface area contributed by atoms with Crippen LogP contribution < -0.4 is 15.5 Å². The van der Waals surface area contributed by atoms with Crippen molar-refractivity contribution in [2.45, 2.75) is 0 Å². The van der Waals surface area contributed by atoms with Crippen molar-refractivity contribution in [1.29, 1.82) is 0 Å². The van der Waals surface area contributed by atoms with Crippen LogP contribution in [-0.2, 0) is 14.3 Å². The summed E-state index contributed by atoms with van der Waals surface area (Å²) in [5.41, 5.74) is 3.44. The highest BCUT2D eigenvalue weighted by molar-refractivity contribution is 6.40. The number of ether oxygens (including phenoxy) is 2. The van der Waals surface area contributed by atoms with E-state index in [0.29, 0.717) is 27.6 Å². The lowest BCUT2D eigenvalue weighted by molar-refractivity contribution is -0.136. The van der Waals surface area contributed by atoms with Gasteiger partial charge in [-0.1, -0.05) is 23.7 Å². The second-order valence-corrected chi connectivity index (χ2v) is 5.52. The number of esters is 1. The number of halogens is 1. The molecule has 0 aliphatic carbocycles. The van der Waals surface area contributed by atoms with Gasteiger partial charge in [0.15, 0.2) is 0 Å². The SMILES string of the molecule is COC(=O)c1ccc(/C=N\NC(=O)C(=O)Nc2ccc(OC)c(Cl)c2)cc1. The van der Waals surface area contributed by atoms with E-state index in [1.165, 1.54) is 26.5 Å². The summed E-state index contributed by atoms with van der Waals surface area (Å²) in [4.78, 5) is 35.0. The molecule has 0 atom stereocenters. The van der Waals surface area contributed by atoms with Gasteiger partial charge >= 0.3 is 17.8 Å². The first-order valence-electron chi connectivity index (χ1n) is 7.61. The van der Waals surface area contributed by atoms with Gasteiger partial charge in [0.05, 0.1) is 31.0 Å². The lowest BCUT2D eigenvalue weighted by Crippen LogP contribution is -2.32. The zero-order valence-corrected chi connectivity index (χ0v) is 15.2. The molecule has 0 fully saturated rings. The largest absolute Gasteiger partial charge is 0.495 e. The normalized spacial score (nSPS) is 10.3. The fourth-order valence-electron chi connectivity index (χ4n) is 1.97. The number of methoxy groups -OCH3 is 2. The van der Waals surface area contributed by atoms with E-state index >= 15 is 0 Å². The van der Waals surface area contributed by atoms with Gasteiger partial charge in [-0.05, 0) is 35.9 Å². The molecule has 0 aliphatic heterocycles. The van der Waals surface area contributed by atoms with E-state index in [2.05, 4.69) is 20.6 Å². The average Bonchev–Trinajstić information content (AvgIpc) is 2.68. The number of benzene rings is 2. The highest BCUT2D eigenvalue weighted by atomic mass is 35.5. The highest BCUT2D eigenvalue weighted by Gasteiger charge is 2.13. The van der Waals surface area contributed by atoms with Crippen LogP contribution in [-0.4, -0.2) is 38.2 Å². The van der Waals surface area contributed by atoms with Crippen molar-refractivity contribution in [1.82, 2.24) is 5.43 Å². The molecule has 0 aromatic heterocycles. The van der Waals surface area contributed by atoms with Gasteiger partial charge in [-0.25, -0.2) is 10.2 Å². The molecule has 2 aromatic carbocycles. The van der Waals surface area contributed by atoms with Crippen molar-refractivity contribution in [3.05, 3.63) is 58.6 Å². The number of anilines is 1. The third-order valence-electron chi connectivity index (χ3n) is 3.33. The predicted octanol–water partition coefficient (Wildman–Crippen LogP) is 2.22. The summed E-state index contributed by atoms with van der Waals surface area (Å²) in [6.45, 7) is 0. The Hall–Kier alpha value is -3.39. The maximum Gasteiger partial charge on any atom is 0.337 e. The number of hydrogen-bond acceptors (Lipinski definition) is 6. The summed E-state index contributed by atoms with van der Waals surface area (Å²) in [7, 11) is 2.76. The molecule has 2 N–H and O–H groups in total. The maximum absolute atomic E-state index is 11.9. The average molecular weight is 390 g/mol. The number of hydrazone groups is 1. The Labute approximate surface area is 160 Å². The Bertz CT molecular complexity index is 881. The van der Waals surface area contributed by atoms with E-state index < -0.39 is 17.8 Å². The van der Waals surface area contributed by atoms with E-state index in [1.807, 2.05) is 0 Å². The van der Waals surface area contributed by atoms with Crippen LogP contribution in [0.4, 0.5) is 5.69 Å². The van der Waals surface area contributed by atoms with E-state index in [4.69, 9.17) is 16.3 Å². The molecule has 8 nitrogen and oxygen atoms in total. The molecule has 0 radical (unpaired) electrons. The Morgan fingerprint density at radius 2 is 1.74 bits per heavy atom. The number of carbonyl (C=O) groups excluding carboxylic acids is 3. The minimum atomic E-state index is -0.954. The van der Waals surface area contributed by atoms with E-state index in [1.54, 1.807) is 36.4 Å². The monoisotopic (exact) mass is 389 g/mol. The molecule has 0 saturated carbocycles. The second-order valence-electron chi connectivity index (χ2n) is 5.12. The summed E-state index contributed by atoms with van der Waals surface area (Å²) in [5.74, 6) is -1.87. The van der Waals surface area contributed by atoms with Crippen LogP contribution in [0.15, 0.2) is 47.6 Å². The number of rotatable bonds is 5. The van der Waals surface area contributed by atoms with Gasteiger partial charge in [-0.2, -0.15) is 5.10 Å². The lowest BCUT2D eigenvalue weighted by Gasteiger charge is -2.07. The molecular weight excluding hydrogens is 374 g/mol. The van der Waals surface area contributed by atoms with Crippen molar-refractivity contribution in [3.63, 3.8) is 0 Å². The molecule has 0 saturated heterocycles. The fraction of sp³-hybridized carbons (Fsp3) is 0.111. The first kappa shape index (κ1) is 19.9. The van der Waals surface area contributed by atoms with Crippen LogP contribution in [0.5, 0.6) is 5.75 Å². The van der Waals surface area contributed by atoms with Crippen molar-refractivity contribution < 1.29 is 23.9 Å². The highest BCUT2D eigenvalue weighted by Crippen LogP contribution is 2.27. The summed E-state index contributed by atoms with van der Waals surface area (Å²) in [5, 5.41) is 6.38. The quantitative estimate of drug-likeness (QED) is 0.353. The van der Waals surface area contributed by atoms with Gasteiger partial charge in [0.2, 0.25) is 0 Å². The minimum absolute atomic E-state index is 0.295. The zero-order valence-electron chi connectivity index (χ0n) is 14.5. The number of hydrogen-bond donors (Lipinski definition) is 2. The predicted molar refractivity (Wildman–Crippen MR) is 100 cm³/mol. The maximum atomic E-state index is 11.9. The molecule has 140 valence electrons. The van der Waals surface area contributed by atoms with Gasteiger partial charge < -0.3 is 14.8 Å². The van der Waals surface area contributed by atoms with Crippen molar-refractivity contribution in [3.8, 4) is 5.75 Å². The summed E-state index contributed by atoms with van der Waals surface area (Å²) in [6.07, 6.45) is 1.33. The minimum Gasteiger partial charge on any atom is -0.495 e. The van der Waals surface area contributed by atoms with E-state index in [9.17, 15) is 14.4 Å².